The van der Waals surface area contributed by atoms with Gasteiger partial charge in [0.05, 0.1) is 17.7 Å². The van der Waals surface area contributed by atoms with Crippen LogP contribution in [0.3, 0.4) is 0 Å². The molecule has 0 saturated carbocycles. The molecule has 2 atom stereocenters. The van der Waals surface area contributed by atoms with Crippen LogP contribution in [0, 0.1) is 5.92 Å². The van der Waals surface area contributed by atoms with E-state index < -0.39 is 12.0 Å². The lowest BCUT2D eigenvalue weighted by Gasteiger charge is -2.16. The first kappa shape index (κ1) is 14.8. The third kappa shape index (κ3) is 2.65. The maximum atomic E-state index is 12.4. The number of aliphatic hydroxyl groups is 1. The highest BCUT2D eigenvalue weighted by Crippen LogP contribution is 2.31. The average Bonchev–Trinajstić information content (AvgIpc) is 3.19. The summed E-state index contributed by atoms with van der Waals surface area (Å²) in [7, 11) is 0. The smallest absolute Gasteiger partial charge is 0.187 e. The molecule has 1 aliphatic heterocycles. The van der Waals surface area contributed by atoms with Crippen molar-refractivity contribution in [3.8, 4) is 0 Å². The maximum absolute atomic E-state index is 12.4. The fraction of sp³-hybridized carbons (Fsp3) is 0.200. The molecule has 3 heterocycles. The molecule has 0 spiro atoms. The number of aliphatic hydroxyl groups excluding tert-OH is 1. The number of nitrogens with zero attached hydrogens (tertiary/aromatic N) is 2. The molecule has 0 bridgehead atoms. The second kappa shape index (κ2) is 6.06. The van der Waals surface area contributed by atoms with Gasteiger partial charge in [-0.25, -0.2) is 4.57 Å². The predicted molar refractivity (Wildman–Crippen MR) is 89.4 cm³/mol. The van der Waals surface area contributed by atoms with E-state index in [1.807, 2.05) is 65.6 Å². The molecule has 3 aromatic rings. The summed E-state index contributed by atoms with van der Waals surface area (Å²) in [5.41, 5.74) is 2.69. The molecule has 0 fully saturated rings. The number of aromatic nitrogens is 2. The average molecular weight is 319 g/mol. The molecule has 2 aromatic heterocycles. The van der Waals surface area contributed by atoms with Gasteiger partial charge in [-0.3, -0.25) is 4.79 Å². The first-order valence-electron chi connectivity index (χ1n) is 8.13. The topological polar surface area (TPSA) is 46.1 Å². The maximum Gasteiger partial charge on any atom is 0.187 e. The molecule has 1 aliphatic rings. The number of rotatable bonds is 4. The molecule has 4 rings (SSSR count). The first-order valence-corrected chi connectivity index (χ1v) is 8.13. The molecule has 0 saturated heterocycles. The van der Waals surface area contributed by atoms with Crippen LogP contribution in [0.2, 0.25) is 0 Å². The Kier molecular flexibility index (Phi) is 3.75. The van der Waals surface area contributed by atoms with Crippen molar-refractivity contribution in [3.05, 3.63) is 90.0 Å². The second-order valence-corrected chi connectivity index (χ2v) is 6.25. The number of hydrogen-bond acceptors (Lipinski definition) is 2. The van der Waals surface area contributed by atoms with Gasteiger partial charge >= 0.3 is 0 Å². The van der Waals surface area contributed by atoms with Crippen LogP contribution in [-0.2, 0) is 13.1 Å². The molecule has 24 heavy (non-hydrogen) atoms. The highest BCUT2D eigenvalue weighted by atomic mass is 16.3. The van der Waals surface area contributed by atoms with Crippen molar-refractivity contribution in [2.24, 2.45) is 5.92 Å². The van der Waals surface area contributed by atoms with Crippen molar-refractivity contribution in [1.29, 1.82) is 0 Å². The van der Waals surface area contributed by atoms with Crippen molar-refractivity contribution < 1.29 is 14.5 Å². The van der Waals surface area contributed by atoms with E-state index in [1.165, 1.54) is 5.56 Å². The minimum absolute atomic E-state index is 0.0218. The molecule has 120 valence electrons. The Morgan fingerprint density at radius 3 is 2.54 bits per heavy atom. The Labute approximate surface area is 140 Å². The van der Waals surface area contributed by atoms with Crippen molar-refractivity contribution in [3.63, 3.8) is 0 Å². The van der Waals surface area contributed by atoms with E-state index in [0.717, 1.165) is 12.1 Å². The van der Waals surface area contributed by atoms with Gasteiger partial charge < -0.3 is 9.67 Å². The normalized spacial score (nSPS) is 17.7. The number of Topliss-reactive ketones (excluding diaryl/α,β-unsaturated/α-hetero) is 1. The highest BCUT2D eigenvalue weighted by Gasteiger charge is 2.36. The minimum atomic E-state index is -0.774. The fourth-order valence-electron chi connectivity index (χ4n) is 3.32. The lowest BCUT2D eigenvalue weighted by molar-refractivity contribution is -0.688. The molecule has 1 aromatic carbocycles. The standard InChI is InChI=1S/C20H19N2O2/c23-19(17-14-22-10-4-7-18(22)20(17)24)16-8-11-21(12-9-16)13-15-5-2-1-3-6-15/h1-12,17,19,23H,13-14H2/q+1/t17-,19-/m1/s1. The zero-order valence-corrected chi connectivity index (χ0v) is 13.2. The zero-order chi connectivity index (χ0) is 16.5. The van der Waals surface area contributed by atoms with Crippen LogP contribution in [-0.4, -0.2) is 15.5 Å². The van der Waals surface area contributed by atoms with E-state index in [-0.39, 0.29) is 5.78 Å². The molecule has 0 unspecified atom stereocenters. The molecule has 0 radical (unpaired) electrons. The van der Waals surface area contributed by atoms with Crippen LogP contribution < -0.4 is 4.57 Å². The van der Waals surface area contributed by atoms with Crippen molar-refractivity contribution in [1.82, 2.24) is 4.57 Å². The van der Waals surface area contributed by atoms with Gasteiger partial charge in [0.25, 0.3) is 0 Å². The van der Waals surface area contributed by atoms with E-state index in [2.05, 4.69) is 16.7 Å². The van der Waals surface area contributed by atoms with Gasteiger partial charge in [-0.1, -0.05) is 30.3 Å². The molecule has 0 aliphatic carbocycles. The van der Waals surface area contributed by atoms with E-state index in [1.54, 1.807) is 0 Å². The van der Waals surface area contributed by atoms with Crippen LogP contribution in [0.1, 0.15) is 27.7 Å². The summed E-state index contributed by atoms with van der Waals surface area (Å²) in [6, 6.07) is 17.7. The molecule has 4 heteroatoms. The Hall–Kier alpha value is -2.72. The van der Waals surface area contributed by atoms with E-state index in [4.69, 9.17) is 0 Å². The van der Waals surface area contributed by atoms with Gasteiger partial charge in [-0.15, -0.1) is 0 Å². The highest BCUT2D eigenvalue weighted by molar-refractivity contribution is 5.98. The quantitative estimate of drug-likeness (QED) is 0.751. The van der Waals surface area contributed by atoms with Gasteiger partial charge in [0.1, 0.15) is 0 Å². The predicted octanol–water partition coefficient (Wildman–Crippen LogP) is 2.37. The molecule has 4 nitrogen and oxygen atoms in total. The van der Waals surface area contributed by atoms with Gasteiger partial charge in [0.2, 0.25) is 0 Å². The van der Waals surface area contributed by atoms with Crippen LogP contribution in [0.15, 0.2) is 73.2 Å². The first-order chi connectivity index (χ1) is 11.7. The second-order valence-electron chi connectivity index (χ2n) is 6.25. The van der Waals surface area contributed by atoms with Crippen molar-refractivity contribution in [2.75, 3.05) is 0 Å². The summed E-state index contributed by atoms with van der Waals surface area (Å²) < 4.78 is 3.97. The number of ketones is 1. The Balaban J connectivity index is 1.49. The van der Waals surface area contributed by atoms with Crippen LogP contribution >= 0.6 is 0 Å². The van der Waals surface area contributed by atoms with E-state index >= 15 is 0 Å². The molecule has 1 N–H and O–H groups in total. The van der Waals surface area contributed by atoms with Crippen molar-refractivity contribution >= 4 is 5.78 Å². The summed E-state index contributed by atoms with van der Waals surface area (Å²) in [5.74, 6) is -0.375. The lowest BCUT2D eigenvalue weighted by atomic mass is 9.93. The SMILES string of the molecule is O=C1c2cccn2C[C@@H]1[C@H](O)c1cc[n+](Cc2ccccc2)cc1. The van der Waals surface area contributed by atoms with Crippen LogP contribution in [0.4, 0.5) is 0 Å². The summed E-state index contributed by atoms with van der Waals surface area (Å²) in [6.45, 7) is 1.33. The Morgan fingerprint density at radius 1 is 1.08 bits per heavy atom. The molecular weight excluding hydrogens is 300 g/mol. The summed E-state index contributed by atoms with van der Waals surface area (Å²) in [5, 5.41) is 10.6. The van der Waals surface area contributed by atoms with Gasteiger partial charge in [-0.05, 0) is 17.7 Å². The minimum Gasteiger partial charge on any atom is -0.388 e. The largest absolute Gasteiger partial charge is 0.388 e. The number of carbonyl (C=O) groups is 1. The van der Waals surface area contributed by atoms with Gasteiger partial charge in [0.15, 0.2) is 24.7 Å². The van der Waals surface area contributed by atoms with Crippen LogP contribution in [0.5, 0.6) is 0 Å². The molecule has 0 amide bonds. The third-order valence-corrected chi connectivity index (χ3v) is 4.66. The Morgan fingerprint density at radius 2 is 1.83 bits per heavy atom. The number of hydrogen-bond donors (Lipinski definition) is 1. The summed E-state index contributed by atoms with van der Waals surface area (Å²) in [4.78, 5) is 12.4. The number of carbonyl (C=O) groups excluding carboxylic acids is 1. The van der Waals surface area contributed by atoms with Gasteiger partial charge in [0, 0.05) is 30.4 Å². The van der Waals surface area contributed by atoms with Crippen molar-refractivity contribution in [2.45, 2.75) is 19.2 Å². The van der Waals surface area contributed by atoms with E-state index in [0.29, 0.717) is 12.2 Å². The molecular formula is C20H19N2O2+. The fourth-order valence-corrected chi connectivity index (χ4v) is 3.32. The monoisotopic (exact) mass is 319 g/mol. The van der Waals surface area contributed by atoms with E-state index in [9.17, 15) is 9.90 Å². The Bertz CT molecular complexity index is 853. The third-order valence-electron chi connectivity index (χ3n) is 4.66. The number of pyridine rings is 1. The summed E-state index contributed by atoms with van der Waals surface area (Å²) >= 11 is 0. The summed E-state index contributed by atoms with van der Waals surface area (Å²) in [6.07, 6.45) is 5.01. The van der Waals surface area contributed by atoms with Gasteiger partial charge in [-0.2, -0.15) is 0 Å². The lowest BCUT2D eigenvalue weighted by Crippen LogP contribution is -2.33. The number of fused-ring (bicyclic) bond motifs is 1. The zero-order valence-electron chi connectivity index (χ0n) is 13.2. The number of benzene rings is 1. The van der Waals surface area contributed by atoms with Crippen LogP contribution in [0.25, 0.3) is 0 Å².